The number of thiophene rings is 1. The summed E-state index contributed by atoms with van der Waals surface area (Å²) in [5.74, 6) is -1.29. The maximum absolute atomic E-state index is 12.5. The fourth-order valence-electron chi connectivity index (χ4n) is 3.33. The number of hydrogen-bond acceptors (Lipinski definition) is 5. The van der Waals surface area contributed by atoms with E-state index >= 15 is 0 Å². The summed E-state index contributed by atoms with van der Waals surface area (Å²) >= 11 is 1.30. The van der Waals surface area contributed by atoms with Crippen LogP contribution in [-0.2, 0) is 22.4 Å². The van der Waals surface area contributed by atoms with Gasteiger partial charge in [-0.25, -0.2) is 4.79 Å². The van der Waals surface area contributed by atoms with Gasteiger partial charge in [-0.2, -0.15) is 0 Å². The highest BCUT2D eigenvalue weighted by Gasteiger charge is 2.27. The molecule has 1 amide bonds. The van der Waals surface area contributed by atoms with Crippen molar-refractivity contribution in [2.75, 3.05) is 6.61 Å². The zero-order valence-electron chi connectivity index (χ0n) is 16.2. The lowest BCUT2D eigenvalue weighted by Crippen LogP contribution is -2.45. The molecule has 6 heteroatoms. The number of Topliss-reactive ketones (excluding diaryl/α,β-unsaturated/α-hetero) is 1. The predicted molar refractivity (Wildman–Crippen MR) is 109 cm³/mol. The number of ether oxygens (including phenoxy) is 1. The first-order chi connectivity index (χ1) is 13.5. The highest BCUT2D eigenvalue weighted by atomic mass is 32.1. The topological polar surface area (TPSA) is 72.5 Å². The number of carbonyl (C=O) groups is 3. The minimum Gasteiger partial charge on any atom is -0.456 e. The van der Waals surface area contributed by atoms with Crippen molar-refractivity contribution in [2.45, 2.75) is 45.6 Å². The minimum absolute atomic E-state index is 0.157. The summed E-state index contributed by atoms with van der Waals surface area (Å²) in [7, 11) is 0. The number of fused-ring (bicyclic) bond motifs is 1. The van der Waals surface area contributed by atoms with Crippen LogP contribution < -0.4 is 5.32 Å². The second-order valence-electron chi connectivity index (χ2n) is 7.39. The van der Waals surface area contributed by atoms with Gasteiger partial charge in [0.15, 0.2) is 12.4 Å². The van der Waals surface area contributed by atoms with Gasteiger partial charge in [0.2, 0.25) is 0 Å². The van der Waals surface area contributed by atoms with Gasteiger partial charge in [-0.1, -0.05) is 32.0 Å². The molecule has 5 nitrogen and oxygen atoms in total. The quantitative estimate of drug-likeness (QED) is 0.568. The molecule has 28 heavy (non-hydrogen) atoms. The summed E-state index contributed by atoms with van der Waals surface area (Å²) < 4.78 is 5.24. The van der Waals surface area contributed by atoms with Crippen LogP contribution in [-0.4, -0.2) is 30.3 Å². The van der Waals surface area contributed by atoms with Crippen LogP contribution in [0.2, 0.25) is 0 Å². The second kappa shape index (κ2) is 9.15. The van der Waals surface area contributed by atoms with Crippen LogP contribution in [0.15, 0.2) is 35.7 Å². The number of esters is 1. The fourth-order valence-corrected chi connectivity index (χ4v) is 3.96. The molecule has 1 aromatic heterocycles. The number of carbonyl (C=O) groups excluding carboxylic acids is 3. The summed E-state index contributed by atoms with van der Waals surface area (Å²) in [6, 6.07) is 8.40. The van der Waals surface area contributed by atoms with E-state index in [1.165, 1.54) is 28.9 Å². The van der Waals surface area contributed by atoms with E-state index in [4.69, 9.17) is 4.74 Å². The van der Waals surface area contributed by atoms with Crippen LogP contribution in [0.4, 0.5) is 0 Å². The number of ketones is 1. The molecule has 1 aromatic carbocycles. The summed E-state index contributed by atoms with van der Waals surface area (Å²) in [4.78, 5) is 37.7. The molecular formula is C22H25NO4S. The fraction of sp³-hybridized carbons (Fsp3) is 0.409. The Morgan fingerprint density at radius 1 is 1.11 bits per heavy atom. The average Bonchev–Trinajstić information content (AvgIpc) is 3.24. The molecule has 1 aliphatic carbocycles. The lowest BCUT2D eigenvalue weighted by molar-refractivity contribution is -0.145. The summed E-state index contributed by atoms with van der Waals surface area (Å²) in [5, 5.41) is 4.51. The summed E-state index contributed by atoms with van der Waals surface area (Å²) in [6.45, 7) is 3.33. The third kappa shape index (κ3) is 4.87. The van der Waals surface area contributed by atoms with Crippen molar-refractivity contribution < 1.29 is 19.1 Å². The van der Waals surface area contributed by atoms with Crippen molar-refractivity contribution >= 4 is 29.0 Å². The monoisotopic (exact) mass is 399 g/mol. The van der Waals surface area contributed by atoms with Crippen molar-refractivity contribution in [3.8, 4) is 0 Å². The Kier molecular flexibility index (Phi) is 6.62. The summed E-state index contributed by atoms with van der Waals surface area (Å²) in [5.41, 5.74) is 3.08. The zero-order valence-corrected chi connectivity index (χ0v) is 17.0. The highest BCUT2D eigenvalue weighted by molar-refractivity contribution is 7.12. The number of benzene rings is 1. The normalized spacial score (nSPS) is 14.2. The molecule has 0 spiro atoms. The van der Waals surface area contributed by atoms with Crippen molar-refractivity contribution in [1.29, 1.82) is 0 Å². The molecule has 0 saturated heterocycles. The molecule has 1 atom stereocenters. The van der Waals surface area contributed by atoms with Gasteiger partial charge in [0.1, 0.15) is 6.04 Å². The highest BCUT2D eigenvalue weighted by Crippen LogP contribution is 2.22. The van der Waals surface area contributed by atoms with Gasteiger partial charge in [0, 0.05) is 5.56 Å². The molecule has 0 fully saturated rings. The summed E-state index contributed by atoms with van der Waals surface area (Å²) in [6.07, 6.45) is 4.37. The lowest BCUT2D eigenvalue weighted by atomic mass is 9.90. The van der Waals surface area contributed by atoms with Crippen LogP contribution in [0.3, 0.4) is 0 Å². The number of nitrogens with one attached hydrogen (secondary N) is 1. The van der Waals surface area contributed by atoms with Gasteiger partial charge in [0.25, 0.3) is 5.91 Å². The Balaban J connectivity index is 1.59. The van der Waals surface area contributed by atoms with Gasteiger partial charge in [-0.05, 0) is 60.2 Å². The lowest BCUT2D eigenvalue weighted by Gasteiger charge is -2.20. The van der Waals surface area contributed by atoms with E-state index < -0.39 is 12.0 Å². The molecule has 1 heterocycles. The van der Waals surface area contributed by atoms with Crippen molar-refractivity contribution in [3.05, 3.63) is 57.3 Å². The van der Waals surface area contributed by atoms with Gasteiger partial charge in [-0.3, -0.25) is 9.59 Å². The molecule has 1 aliphatic rings. The molecule has 1 N–H and O–H groups in total. The van der Waals surface area contributed by atoms with E-state index in [1.807, 2.05) is 26.0 Å². The average molecular weight is 400 g/mol. The van der Waals surface area contributed by atoms with Gasteiger partial charge < -0.3 is 10.1 Å². The van der Waals surface area contributed by atoms with Crippen molar-refractivity contribution in [3.63, 3.8) is 0 Å². The largest absolute Gasteiger partial charge is 0.456 e. The van der Waals surface area contributed by atoms with E-state index in [9.17, 15) is 14.4 Å². The molecule has 0 radical (unpaired) electrons. The molecular weight excluding hydrogens is 374 g/mol. The SMILES string of the molecule is CC(C)[C@H](NC(=O)c1cccs1)C(=O)OCC(=O)c1ccc2c(c1)CCCC2. The number of rotatable bonds is 7. The van der Waals surface area contributed by atoms with Crippen LogP contribution in [0.5, 0.6) is 0 Å². The van der Waals surface area contributed by atoms with Crippen LogP contribution in [0.25, 0.3) is 0 Å². The molecule has 0 bridgehead atoms. The van der Waals surface area contributed by atoms with Crippen molar-refractivity contribution in [2.24, 2.45) is 5.92 Å². The van der Waals surface area contributed by atoms with Crippen LogP contribution >= 0.6 is 11.3 Å². The Morgan fingerprint density at radius 3 is 2.54 bits per heavy atom. The number of aryl methyl sites for hydroxylation is 2. The Labute approximate surface area is 169 Å². The van der Waals surface area contributed by atoms with Crippen LogP contribution in [0.1, 0.15) is 57.8 Å². The van der Waals surface area contributed by atoms with E-state index in [0.717, 1.165) is 19.3 Å². The molecule has 0 saturated carbocycles. The molecule has 148 valence electrons. The first-order valence-electron chi connectivity index (χ1n) is 9.61. The minimum atomic E-state index is -0.800. The van der Waals surface area contributed by atoms with E-state index in [2.05, 4.69) is 5.32 Å². The maximum Gasteiger partial charge on any atom is 0.329 e. The Bertz CT molecular complexity index is 857. The standard InChI is InChI=1S/C22H25NO4S/c1-14(2)20(23-21(25)19-8-5-11-28-19)22(26)27-13-18(24)17-10-9-15-6-3-4-7-16(15)12-17/h5,8-12,14,20H,3-4,6-7,13H2,1-2H3,(H,23,25)/t20-/m0/s1. The van der Waals surface area contributed by atoms with Crippen molar-refractivity contribution in [1.82, 2.24) is 5.32 Å². The predicted octanol–water partition coefficient (Wildman–Crippen LogP) is 3.81. The van der Waals surface area contributed by atoms with E-state index in [1.54, 1.807) is 23.6 Å². The Hall–Kier alpha value is -2.47. The first-order valence-corrected chi connectivity index (χ1v) is 10.5. The third-order valence-electron chi connectivity index (χ3n) is 4.97. The smallest absolute Gasteiger partial charge is 0.329 e. The van der Waals surface area contributed by atoms with Gasteiger partial charge >= 0.3 is 5.97 Å². The zero-order chi connectivity index (χ0) is 20.1. The number of amides is 1. The van der Waals surface area contributed by atoms with E-state index in [-0.39, 0.29) is 24.2 Å². The second-order valence-corrected chi connectivity index (χ2v) is 8.34. The number of hydrogen-bond donors (Lipinski definition) is 1. The molecule has 2 aromatic rings. The van der Waals surface area contributed by atoms with E-state index in [0.29, 0.717) is 10.4 Å². The molecule has 0 aliphatic heterocycles. The maximum atomic E-state index is 12.5. The Morgan fingerprint density at radius 2 is 1.86 bits per heavy atom. The molecule has 0 unspecified atom stereocenters. The van der Waals surface area contributed by atoms with Gasteiger partial charge in [0.05, 0.1) is 4.88 Å². The molecule has 3 rings (SSSR count). The van der Waals surface area contributed by atoms with Gasteiger partial charge in [-0.15, -0.1) is 11.3 Å². The third-order valence-corrected chi connectivity index (χ3v) is 5.84. The first kappa shape index (κ1) is 20.3. The van der Waals surface area contributed by atoms with Crippen LogP contribution in [0, 0.1) is 5.92 Å².